The van der Waals surface area contributed by atoms with Gasteiger partial charge < -0.3 is 15.4 Å². The maximum absolute atomic E-state index is 13.5. The predicted molar refractivity (Wildman–Crippen MR) is 140 cm³/mol. The topological polar surface area (TPSA) is 67.4 Å². The summed E-state index contributed by atoms with van der Waals surface area (Å²) in [4.78, 5) is 27.6. The van der Waals surface area contributed by atoms with Gasteiger partial charge in [0, 0.05) is 21.2 Å². The normalized spacial score (nSPS) is 15.4. The Morgan fingerprint density at radius 2 is 1.79 bits per heavy atom. The summed E-state index contributed by atoms with van der Waals surface area (Å²) in [6, 6.07) is 14.0. The number of methoxy groups -OCH3 is 1. The molecule has 1 aliphatic carbocycles. The molecule has 1 heterocycles. The lowest BCUT2D eigenvalue weighted by Crippen LogP contribution is -2.27. The second-order valence-corrected chi connectivity index (χ2v) is 11.2. The third-order valence-electron chi connectivity index (χ3n) is 6.38. The fourth-order valence-corrected chi connectivity index (χ4v) is 5.84. The van der Waals surface area contributed by atoms with E-state index in [-0.39, 0.29) is 17.2 Å². The highest BCUT2D eigenvalue weighted by molar-refractivity contribution is 7.17. The molecule has 2 amide bonds. The van der Waals surface area contributed by atoms with E-state index in [4.69, 9.17) is 16.3 Å². The molecule has 0 fully saturated rings. The van der Waals surface area contributed by atoms with Gasteiger partial charge in [0.15, 0.2) is 0 Å². The van der Waals surface area contributed by atoms with Gasteiger partial charge in [-0.25, -0.2) is 0 Å². The highest BCUT2D eigenvalue weighted by Crippen LogP contribution is 2.44. The fraction of sp³-hybridized carbons (Fsp3) is 0.333. The Bertz CT molecular complexity index is 1210. The number of carbonyl (C=O) groups is 2. The van der Waals surface area contributed by atoms with Crippen LogP contribution in [0.5, 0.6) is 5.75 Å². The van der Waals surface area contributed by atoms with Gasteiger partial charge in [-0.3, -0.25) is 9.59 Å². The van der Waals surface area contributed by atoms with Crippen LogP contribution in [0, 0.1) is 11.3 Å². The summed E-state index contributed by atoms with van der Waals surface area (Å²) < 4.78 is 5.20. The summed E-state index contributed by atoms with van der Waals surface area (Å²) in [5.41, 5.74) is 2.89. The van der Waals surface area contributed by atoms with Crippen LogP contribution in [0.4, 0.5) is 10.7 Å². The van der Waals surface area contributed by atoms with Gasteiger partial charge in [-0.05, 0) is 78.6 Å². The van der Waals surface area contributed by atoms with Crippen LogP contribution in [0.1, 0.15) is 58.3 Å². The quantitative estimate of drug-likeness (QED) is 0.397. The number of fused-ring (bicyclic) bond motifs is 1. The molecule has 4 rings (SSSR count). The second kappa shape index (κ2) is 9.80. The highest BCUT2D eigenvalue weighted by atomic mass is 35.5. The molecule has 2 N–H and O–H groups in total. The van der Waals surface area contributed by atoms with E-state index in [9.17, 15) is 9.59 Å². The lowest BCUT2D eigenvalue weighted by Gasteiger charge is -2.33. The predicted octanol–water partition coefficient (Wildman–Crippen LogP) is 7.07. The SMILES string of the molecule is COc1ccc(NC(=O)c2c(NC(=O)c3cccc(Cl)c3)sc3c2CCC(C(C)(C)C)C3)cc1. The van der Waals surface area contributed by atoms with Crippen LogP contribution in [0.3, 0.4) is 0 Å². The molecule has 34 heavy (non-hydrogen) atoms. The molecule has 0 bridgehead atoms. The van der Waals surface area contributed by atoms with Crippen molar-refractivity contribution in [3.63, 3.8) is 0 Å². The Balaban J connectivity index is 1.67. The fourth-order valence-electron chi connectivity index (χ4n) is 4.33. The average Bonchev–Trinajstić information content (AvgIpc) is 3.16. The summed E-state index contributed by atoms with van der Waals surface area (Å²) in [6.07, 6.45) is 2.73. The molecule has 7 heteroatoms. The summed E-state index contributed by atoms with van der Waals surface area (Å²) >= 11 is 7.58. The molecule has 0 spiro atoms. The third kappa shape index (κ3) is 5.29. The van der Waals surface area contributed by atoms with E-state index in [1.165, 1.54) is 16.2 Å². The largest absolute Gasteiger partial charge is 0.497 e. The van der Waals surface area contributed by atoms with Gasteiger partial charge in [-0.2, -0.15) is 0 Å². The average molecular weight is 497 g/mol. The zero-order chi connectivity index (χ0) is 24.5. The number of anilines is 2. The van der Waals surface area contributed by atoms with Gasteiger partial charge in [-0.1, -0.05) is 38.4 Å². The molecule has 1 aromatic heterocycles. The third-order valence-corrected chi connectivity index (χ3v) is 7.78. The van der Waals surface area contributed by atoms with Crippen molar-refractivity contribution in [2.45, 2.75) is 40.0 Å². The van der Waals surface area contributed by atoms with Crippen LogP contribution in [-0.4, -0.2) is 18.9 Å². The van der Waals surface area contributed by atoms with E-state index in [0.29, 0.717) is 38.5 Å². The van der Waals surface area contributed by atoms with Crippen LogP contribution in [0.15, 0.2) is 48.5 Å². The molecule has 0 saturated carbocycles. The van der Waals surface area contributed by atoms with Crippen LogP contribution < -0.4 is 15.4 Å². The number of thiophene rings is 1. The number of rotatable bonds is 5. The molecule has 1 unspecified atom stereocenters. The first-order valence-electron chi connectivity index (χ1n) is 11.3. The number of hydrogen-bond donors (Lipinski definition) is 2. The minimum atomic E-state index is -0.285. The van der Waals surface area contributed by atoms with Crippen molar-refractivity contribution in [3.05, 3.63) is 75.1 Å². The van der Waals surface area contributed by atoms with Crippen molar-refractivity contribution in [2.24, 2.45) is 11.3 Å². The Morgan fingerprint density at radius 1 is 1.06 bits per heavy atom. The van der Waals surface area contributed by atoms with E-state index in [2.05, 4.69) is 31.4 Å². The van der Waals surface area contributed by atoms with E-state index < -0.39 is 0 Å². The standard InChI is InChI=1S/C27H29ClN2O3S/c1-27(2,3)17-8-13-21-22(15-17)34-26(30-24(31)16-6-5-7-18(28)14-16)23(21)25(32)29-19-9-11-20(33-4)12-10-19/h5-7,9-12,14,17H,8,13,15H2,1-4H3,(H,29,32)(H,30,31). The van der Waals surface area contributed by atoms with E-state index in [1.807, 2.05) is 0 Å². The first kappa shape index (κ1) is 24.3. The monoisotopic (exact) mass is 496 g/mol. The van der Waals surface area contributed by atoms with Crippen LogP contribution in [0.25, 0.3) is 0 Å². The summed E-state index contributed by atoms with van der Waals surface area (Å²) in [7, 11) is 1.60. The second-order valence-electron chi connectivity index (χ2n) is 9.66. The lowest BCUT2D eigenvalue weighted by atomic mass is 9.72. The Morgan fingerprint density at radius 3 is 2.44 bits per heavy atom. The Hall–Kier alpha value is -2.83. The van der Waals surface area contributed by atoms with Gasteiger partial charge >= 0.3 is 0 Å². The van der Waals surface area contributed by atoms with Crippen molar-refractivity contribution in [1.82, 2.24) is 0 Å². The molecule has 1 atom stereocenters. The molecule has 1 aliphatic rings. The number of carbonyl (C=O) groups excluding carboxylic acids is 2. The number of hydrogen-bond acceptors (Lipinski definition) is 4. The summed E-state index contributed by atoms with van der Waals surface area (Å²) in [6.45, 7) is 6.78. The minimum Gasteiger partial charge on any atom is -0.497 e. The van der Waals surface area contributed by atoms with Crippen molar-refractivity contribution < 1.29 is 14.3 Å². The molecule has 2 aromatic carbocycles. The molecule has 0 radical (unpaired) electrons. The van der Waals surface area contributed by atoms with Crippen molar-refractivity contribution in [3.8, 4) is 5.75 Å². The first-order valence-corrected chi connectivity index (χ1v) is 12.5. The van der Waals surface area contributed by atoms with Gasteiger partial charge in [-0.15, -0.1) is 11.3 Å². The molecule has 178 valence electrons. The highest BCUT2D eigenvalue weighted by Gasteiger charge is 2.34. The Labute approximate surface area is 209 Å². The lowest BCUT2D eigenvalue weighted by molar-refractivity contribution is 0.102. The number of benzene rings is 2. The smallest absolute Gasteiger partial charge is 0.258 e. The number of ether oxygens (including phenoxy) is 1. The molecular weight excluding hydrogens is 468 g/mol. The minimum absolute atomic E-state index is 0.178. The van der Waals surface area contributed by atoms with Crippen molar-refractivity contribution in [1.29, 1.82) is 0 Å². The summed E-state index contributed by atoms with van der Waals surface area (Å²) in [5, 5.41) is 7.05. The molecular formula is C27H29ClN2O3S. The van der Waals surface area contributed by atoms with Crippen LogP contribution >= 0.6 is 22.9 Å². The number of halogens is 1. The van der Waals surface area contributed by atoms with E-state index >= 15 is 0 Å². The number of nitrogens with one attached hydrogen (secondary N) is 2. The molecule has 0 saturated heterocycles. The molecule has 3 aromatic rings. The first-order chi connectivity index (χ1) is 16.2. The van der Waals surface area contributed by atoms with Crippen LogP contribution in [0.2, 0.25) is 5.02 Å². The zero-order valence-corrected chi connectivity index (χ0v) is 21.4. The van der Waals surface area contributed by atoms with Gasteiger partial charge in [0.25, 0.3) is 11.8 Å². The van der Waals surface area contributed by atoms with E-state index in [1.54, 1.807) is 55.6 Å². The molecule has 5 nitrogen and oxygen atoms in total. The van der Waals surface area contributed by atoms with Crippen LogP contribution in [-0.2, 0) is 12.8 Å². The maximum atomic E-state index is 13.5. The number of amides is 2. The Kier molecular flexibility index (Phi) is 7.01. The molecule has 0 aliphatic heterocycles. The summed E-state index contributed by atoms with van der Waals surface area (Å²) in [5.74, 6) is 0.728. The van der Waals surface area contributed by atoms with Gasteiger partial charge in [0.1, 0.15) is 10.8 Å². The van der Waals surface area contributed by atoms with E-state index in [0.717, 1.165) is 24.8 Å². The van der Waals surface area contributed by atoms with Gasteiger partial charge in [0.2, 0.25) is 0 Å². The zero-order valence-electron chi connectivity index (χ0n) is 19.8. The maximum Gasteiger partial charge on any atom is 0.258 e. The van der Waals surface area contributed by atoms with Crippen molar-refractivity contribution in [2.75, 3.05) is 17.7 Å². The van der Waals surface area contributed by atoms with Gasteiger partial charge in [0.05, 0.1) is 12.7 Å². The van der Waals surface area contributed by atoms with Crippen molar-refractivity contribution >= 4 is 45.4 Å².